The molecule has 4 nitrogen and oxygen atoms in total. The van der Waals surface area contributed by atoms with Crippen LogP contribution in [0.25, 0.3) is 0 Å². The number of sulfonamides is 1. The van der Waals surface area contributed by atoms with Crippen LogP contribution < -0.4 is 10.0 Å². The Balaban J connectivity index is 1.74. The van der Waals surface area contributed by atoms with E-state index < -0.39 is 10.0 Å². The lowest BCUT2D eigenvalue weighted by molar-refractivity contribution is 0.304. The molecule has 18 heavy (non-hydrogen) atoms. The van der Waals surface area contributed by atoms with Gasteiger partial charge in [0.2, 0.25) is 10.0 Å². The molecule has 106 valence electrons. The summed E-state index contributed by atoms with van der Waals surface area (Å²) in [4.78, 5) is 0. The van der Waals surface area contributed by atoms with Gasteiger partial charge in [0.15, 0.2) is 0 Å². The molecule has 1 aliphatic carbocycles. The highest BCUT2D eigenvalue weighted by molar-refractivity contribution is 7.89. The van der Waals surface area contributed by atoms with Gasteiger partial charge in [0, 0.05) is 6.04 Å². The molecule has 0 aromatic heterocycles. The average Bonchev–Trinajstić information content (AvgIpc) is 2.27. The molecule has 0 aromatic rings. The zero-order valence-electron chi connectivity index (χ0n) is 11.3. The minimum absolute atomic E-state index is 0.0594. The van der Waals surface area contributed by atoms with Gasteiger partial charge in [0.05, 0.1) is 5.75 Å². The van der Waals surface area contributed by atoms with E-state index >= 15 is 0 Å². The number of piperidine rings is 1. The van der Waals surface area contributed by atoms with Gasteiger partial charge in [-0.05, 0) is 51.1 Å². The SMILES string of the molecule is CC(NS(=O)(=O)CCC1CCC1)C1CCCNC1. The quantitative estimate of drug-likeness (QED) is 0.771. The Morgan fingerprint density at radius 2 is 2.06 bits per heavy atom. The van der Waals surface area contributed by atoms with Crippen molar-refractivity contribution in [2.75, 3.05) is 18.8 Å². The van der Waals surface area contributed by atoms with Gasteiger partial charge in [-0.25, -0.2) is 13.1 Å². The first-order valence-corrected chi connectivity index (χ1v) is 8.93. The van der Waals surface area contributed by atoms with Gasteiger partial charge in [-0.2, -0.15) is 0 Å². The van der Waals surface area contributed by atoms with E-state index in [1.165, 1.54) is 19.3 Å². The average molecular weight is 274 g/mol. The Kier molecular flexibility index (Phi) is 5.04. The summed E-state index contributed by atoms with van der Waals surface area (Å²) in [5.41, 5.74) is 0. The maximum absolute atomic E-state index is 12.0. The summed E-state index contributed by atoms with van der Waals surface area (Å²) in [7, 11) is -3.08. The van der Waals surface area contributed by atoms with E-state index in [9.17, 15) is 8.42 Å². The lowest BCUT2D eigenvalue weighted by Gasteiger charge is -2.29. The van der Waals surface area contributed by atoms with Gasteiger partial charge in [-0.3, -0.25) is 0 Å². The molecule has 0 spiro atoms. The Morgan fingerprint density at radius 3 is 2.61 bits per heavy atom. The third kappa shape index (κ3) is 4.21. The fourth-order valence-corrected chi connectivity index (χ4v) is 4.37. The van der Waals surface area contributed by atoms with Crippen molar-refractivity contribution in [3.8, 4) is 0 Å². The second kappa shape index (κ2) is 6.35. The molecule has 2 aliphatic rings. The molecule has 1 saturated heterocycles. The Labute approximate surface area is 111 Å². The van der Waals surface area contributed by atoms with Crippen molar-refractivity contribution >= 4 is 10.0 Å². The minimum Gasteiger partial charge on any atom is -0.316 e. The van der Waals surface area contributed by atoms with Crippen LogP contribution in [-0.4, -0.2) is 33.3 Å². The standard InChI is InChI=1S/C13H26N2O2S/c1-11(13-6-3-8-14-10-13)15-18(16,17)9-7-12-4-2-5-12/h11-15H,2-10H2,1H3. The molecule has 2 N–H and O–H groups in total. The van der Waals surface area contributed by atoms with Crippen molar-refractivity contribution in [2.24, 2.45) is 11.8 Å². The first-order valence-electron chi connectivity index (χ1n) is 7.27. The van der Waals surface area contributed by atoms with Crippen LogP contribution in [0.2, 0.25) is 0 Å². The molecule has 2 unspecified atom stereocenters. The van der Waals surface area contributed by atoms with Crippen molar-refractivity contribution in [3.63, 3.8) is 0 Å². The number of hydrogen-bond acceptors (Lipinski definition) is 3. The predicted molar refractivity (Wildman–Crippen MR) is 73.9 cm³/mol. The van der Waals surface area contributed by atoms with E-state index in [-0.39, 0.29) is 6.04 Å². The van der Waals surface area contributed by atoms with E-state index in [4.69, 9.17) is 0 Å². The summed E-state index contributed by atoms with van der Waals surface area (Å²) >= 11 is 0. The smallest absolute Gasteiger partial charge is 0.211 e. The van der Waals surface area contributed by atoms with Gasteiger partial charge < -0.3 is 5.32 Å². The molecule has 0 radical (unpaired) electrons. The molecule has 0 aromatic carbocycles. The van der Waals surface area contributed by atoms with Crippen LogP contribution in [0.4, 0.5) is 0 Å². The van der Waals surface area contributed by atoms with Crippen LogP contribution in [-0.2, 0) is 10.0 Å². The summed E-state index contributed by atoms with van der Waals surface area (Å²) < 4.78 is 26.9. The second-order valence-corrected chi connectivity index (χ2v) is 7.79. The molecular weight excluding hydrogens is 248 g/mol. The van der Waals surface area contributed by atoms with E-state index in [0.717, 1.165) is 32.4 Å². The first kappa shape index (κ1) is 14.3. The van der Waals surface area contributed by atoms with Crippen LogP contribution in [0.15, 0.2) is 0 Å². The molecule has 5 heteroatoms. The largest absolute Gasteiger partial charge is 0.316 e. The lowest BCUT2D eigenvalue weighted by atomic mass is 9.84. The maximum Gasteiger partial charge on any atom is 0.211 e. The topological polar surface area (TPSA) is 58.2 Å². The number of nitrogens with one attached hydrogen (secondary N) is 2. The second-order valence-electron chi connectivity index (χ2n) is 5.92. The summed E-state index contributed by atoms with van der Waals surface area (Å²) in [6.07, 6.45) is 6.83. The molecule has 1 saturated carbocycles. The molecular formula is C13H26N2O2S. The summed E-state index contributed by atoms with van der Waals surface area (Å²) in [5, 5.41) is 3.34. The highest BCUT2D eigenvalue weighted by Crippen LogP contribution is 2.29. The maximum atomic E-state index is 12.0. The minimum atomic E-state index is -3.08. The lowest BCUT2D eigenvalue weighted by Crippen LogP contribution is -2.45. The van der Waals surface area contributed by atoms with Crippen molar-refractivity contribution in [1.29, 1.82) is 0 Å². The van der Waals surface area contributed by atoms with Gasteiger partial charge in [-0.15, -0.1) is 0 Å². The molecule has 2 rings (SSSR count). The van der Waals surface area contributed by atoms with Gasteiger partial charge in [0.1, 0.15) is 0 Å². The molecule has 0 amide bonds. The summed E-state index contributed by atoms with van der Waals surface area (Å²) in [6.45, 7) is 4.00. The fourth-order valence-electron chi connectivity index (χ4n) is 2.85. The van der Waals surface area contributed by atoms with Crippen LogP contribution in [0.1, 0.15) is 45.4 Å². The van der Waals surface area contributed by atoms with Gasteiger partial charge in [0.25, 0.3) is 0 Å². The Bertz CT molecular complexity index is 346. The summed E-state index contributed by atoms with van der Waals surface area (Å²) in [6, 6.07) is 0.0594. The van der Waals surface area contributed by atoms with E-state index in [1.54, 1.807) is 0 Å². The molecule has 1 aliphatic heterocycles. The van der Waals surface area contributed by atoms with Crippen molar-refractivity contribution < 1.29 is 8.42 Å². The highest BCUT2D eigenvalue weighted by Gasteiger charge is 2.25. The zero-order valence-corrected chi connectivity index (χ0v) is 12.1. The number of hydrogen-bond donors (Lipinski definition) is 2. The van der Waals surface area contributed by atoms with Gasteiger partial charge >= 0.3 is 0 Å². The van der Waals surface area contributed by atoms with E-state index in [2.05, 4.69) is 10.0 Å². The van der Waals surface area contributed by atoms with E-state index in [1.807, 2.05) is 6.92 Å². The normalized spacial score (nSPS) is 27.7. The number of rotatable bonds is 6. The van der Waals surface area contributed by atoms with Crippen molar-refractivity contribution in [1.82, 2.24) is 10.0 Å². The van der Waals surface area contributed by atoms with Crippen molar-refractivity contribution in [2.45, 2.75) is 51.5 Å². The van der Waals surface area contributed by atoms with Crippen LogP contribution >= 0.6 is 0 Å². The zero-order chi connectivity index (χ0) is 13.0. The monoisotopic (exact) mass is 274 g/mol. The fraction of sp³-hybridized carbons (Fsp3) is 1.00. The molecule has 2 atom stereocenters. The van der Waals surface area contributed by atoms with Crippen molar-refractivity contribution in [3.05, 3.63) is 0 Å². The van der Waals surface area contributed by atoms with Crippen LogP contribution in [0.3, 0.4) is 0 Å². The highest BCUT2D eigenvalue weighted by atomic mass is 32.2. The molecule has 2 fully saturated rings. The van der Waals surface area contributed by atoms with E-state index in [0.29, 0.717) is 17.6 Å². The molecule has 0 bridgehead atoms. The third-order valence-electron chi connectivity index (χ3n) is 4.43. The molecule has 1 heterocycles. The predicted octanol–water partition coefficient (Wildman–Crippen LogP) is 1.48. The van der Waals surface area contributed by atoms with Crippen LogP contribution in [0, 0.1) is 11.8 Å². The van der Waals surface area contributed by atoms with Gasteiger partial charge in [-0.1, -0.05) is 19.3 Å². The van der Waals surface area contributed by atoms with Crippen LogP contribution in [0.5, 0.6) is 0 Å². The Hall–Kier alpha value is -0.130. The summed E-state index contributed by atoms with van der Waals surface area (Å²) in [5.74, 6) is 1.41. The Morgan fingerprint density at radius 1 is 1.28 bits per heavy atom. The third-order valence-corrected chi connectivity index (χ3v) is 5.93. The first-order chi connectivity index (χ1) is 8.57.